The molecule has 4 nitrogen and oxygen atoms in total. The monoisotopic (exact) mass is 181 g/mol. The molecule has 0 amide bonds. The molecule has 0 spiro atoms. The minimum Gasteiger partial charge on any atom is -0.481 e. The van der Waals surface area contributed by atoms with Crippen molar-refractivity contribution in [3.05, 3.63) is 30.1 Å². The molecule has 0 atom stereocenters. The predicted octanol–water partition coefficient (Wildman–Crippen LogP) is 0.914. The van der Waals surface area contributed by atoms with Gasteiger partial charge in [-0.1, -0.05) is 6.07 Å². The molecular weight excluding hydrogens is 170 g/mol. The Morgan fingerprint density at radius 2 is 2.31 bits per heavy atom. The van der Waals surface area contributed by atoms with Crippen LogP contribution in [0.2, 0.25) is 0 Å². The third-order valence-corrected chi connectivity index (χ3v) is 1.04. The third kappa shape index (κ3) is 8.19. The summed E-state index contributed by atoms with van der Waals surface area (Å²) in [6, 6.07) is 3.69. The van der Waals surface area contributed by atoms with Gasteiger partial charge in [-0.25, -0.2) is 0 Å². The van der Waals surface area contributed by atoms with Crippen molar-refractivity contribution in [3.8, 4) is 0 Å². The molecule has 1 N–H and O–H groups in total. The number of aromatic nitrogens is 1. The summed E-state index contributed by atoms with van der Waals surface area (Å²) in [5.41, 5.74) is 0.965. The fourth-order valence-corrected chi connectivity index (χ4v) is 0.615. The largest absolute Gasteiger partial charge is 0.481 e. The molecule has 13 heavy (non-hydrogen) atoms. The average Bonchev–Trinajstić information content (AvgIpc) is 2.06. The van der Waals surface area contributed by atoms with Crippen LogP contribution in [-0.4, -0.2) is 22.3 Å². The maximum atomic E-state index is 9.95. The van der Waals surface area contributed by atoms with Crippen LogP contribution in [0.5, 0.6) is 0 Å². The van der Waals surface area contributed by atoms with Gasteiger partial charge in [0.1, 0.15) is 6.29 Å². The number of carbonyl (C=O) groups excluding carboxylic acids is 1. The van der Waals surface area contributed by atoms with Gasteiger partial charge in [0.05, 0.1) is 0 Å². The molecule has 4 heteroatoms. The summed E-state index contributed by atoms with van der Waals surface area (Å²) in [7, 11) is 0. The van der Waals surface area contributed by atoms with Crippen molar-refractivity contribution in [3.63, 3.8) is 0 Å². The molecular formula is C9H11NO3. The van der Waals surface area contributed by atoms with Crippen LogP contribution < -0.4 is 0 Å². The molecule has 1 heterocycles. The molecule has 1 aromatic rings. The number of hydrogen-bond acceptors (Lipinski definition) is 3. The number of aldehydes is 1. The maximum Gasteiger partial charge on any atom is 0.300 e. The Morgan fingerprint density at radius 3 is 2.69 bits per heavy atom. The van der Waals surface area contributed by atoms with Crippen LogP contribution in [0.3, 0.4) is 0 Å². The second-order valence-electron chi connectivity index (χ2n) is 2.25. The summed E-state index contributed by atoms with van der Waals surface area (Å²) in [5.74, 6) is -0.833. The van der Waals surface area contributed by atoms with Crippen LogP contribution in [0, 0.1) is 0 Å². The average molecular weight is 181 g/mol. The molecule has 0 fully saturated rings. The van der Waals surface area contributed by atoms with Gasteiger partial charge in [0.2, 0.25) is 0 Å². The van der Waals surface area contributed by atoms with Gasteiger partial charge in [-0.3, -0.25) is 9.78 Å². The number of hydrogen-bond donors (Lipinski definition) is 1. The summed E-state index contributed by atoms with van der Waals surface area (Å²) in [5, 5.41) is 7.42. The van der Waals surface area contributed by atoms with Crippen LogP contribution in [0.25, 0.3) is 0 Å². The molecule has 0 bridgehead atoms. The van der Waals surface area contributed by atoms with Crippen molar-refractivity contribution in [1.29, 1.82) is 0 Å². The highest BCUT2D eigenvalue weighted by atomic mass is 16.4. The Balaban J connectivity index is 0.000000310. The SMILES string of the molecule is CC(=O)O.O=CCc1cccnc1. The number of aliphatic carboxylic acids is 1. The van der Waals surface area contributed by atoms with Gasteiger partial charge < -0.3 is 9.90 Å². The van der Waals surface area contributed by atoms with E-state index in [9.17, 15) is 4.79 Å². The first-order chi connectivity index (χ1) is 6.16. The van der Waals surface area contributed by atoms with Crippen molar-refractivity contribution in [1.82, 2.24) is 4.98 Å². The zero-order valence-electron chi connectivity index (χ0n) is 7.30. The molecule has 0 aromatic carbocycles. The fourth-order valence-electron chi connectivity index (χ4n) is 0.615. The van der Waals surface area contributed by atoms with Gasteiger partial charge in [0, 0.05) is 25.7 Å². The van der Waals surface area contributed by atoms with Crippen molar-refractivity contribution >= 4 is 12.3 Å². The number of carboxylic acids is 1. The molecule has 0 aliphatic heterocycles. The second-order valence-corrected chi connectivity index (χ2v) is 2.25. The lowest BCUT2D eigenvalue weighted by molar-refractivity contribution is -0.134. The Bertz CT molecular complexity index is 255. The van der Waals surface area contributed by atoms with Crippen LogP contribution >= 0.6 is 0 Å². The Morgan fingerprint density at radius 1 is 1.69 bits per heavy atom. The number of nitrogens with zero attached hydrogens (tertiary/aromatic N) is 1. The first kappa shape index (κ1) is 11.3. The van der Waals surface area contributed by atoms with Crippen molar-refractivity contribution in [2.24, 2.45) is 0 Å². The summed E-state index contributed by atoms with van der Waals surface area (Å²) in [6.07, 6.45) is 4.72. The second kappa shape index (κ2) is 6.97. The van der Waals surface area contributed by atoms with E-state index in [0.29, 0.717) is 6.42 Å². The molecule has 0 unspecified atom stereocenters. The van der Waals surface area contributed by atoms with Gasteiger partial charge in [-0.05, 0) is 11.6 Å². The topological polar surface area (TPSA) is 67.3 Å². The van der Waals surface area contributed by atoms with E-state index in [1.165, 1.54) is 0 Å². The van der Waals surface area contributed by atoms with Gasteiger partial charge in [-0.2, -0.15) is 0 Å². The van der Waals surface area contributed by atoms with Crippen molar-refractivity contribution in [2.45, 2.75) is 13.3 Å². The van der Waals surface area contributed by atoms with Gasteiger partial charge in [0.25, 0.3) is 5.97 Å². The Hall–Kier alpha value is -1.71. The van der Waals surface area contributed by atoms with E-state index in [4.69, 9.17) is 9.90 Å². The normalized spacial score (nSPS) is 8.08. The Kier molecular flexibility index (Phi) is 6.05. The lowest BCUT2D eigenvalue weighted by Gasteiger charge is -1.88. The van der Waals surface area contributed by atoms with Crippen molar-refractivity contribution < 1.29 is 14.7 Å². The zero-order chi connectivity index (χ0) is 10.1. The standard InChI is InChI=1S/C7H7NO.C2H4O2/c9-5-3-7-2-1-4-8-6-7;1-2(3)4/h1-2,4-6H,3H2;1H3,(H,3,4). The van der Waals surface area contributed by atoms with Gasteiger partial charge in [-0.15, -0.1) is 0 Å². The van der Waals surface area contributed by atoms with E-state index in [-0.39, 0.29) is 0 Å². The lowest BCUT2D eigenvalue weighted by Crippen LogP contribution is -1.84. The molecule has 1 aromatic heterocycles. The number of pyridine rings is 1. The molecule has 0 aliphatic rings. The summed E-state index contributed by atoms with van der Waals surface area (Å²) >= 11 is 0. The highest BCUT2D eigenvalue weighted by molar-refractivity contribution is 5.62. The van der Waals surface area contributed by atoms with Gasteiger partial charge >= 0.3 is 0 Å². The molecule has 0 radical (unpaired) electrons. The maximum absolute atomic E-state index is 9.95. The summed E-state index contributed by atoms with van der Waals surface area (Å²) < 4.78 is 0. The van der Waals surface area contributed by atoms with E-state index < -0.39 is 5.97 Å². The molecule has 0 saturated heterocycles. The summed E-state index contributed by atoms with van der Waals surface area (Å²) in [4.78, 5) is 22.8. The van der Waals surface area contributed by atoms with Crippen LogP contribution in [0.15, 0.2) is 24.5 Å². The minimum absolute atomic E-state index is 0.466. The van der Waals surface area contributed by atoms with E-state index in [2.05, 4.69) is 4.98 Å². The van der Waals surface area contributed by atoms with Gasteiger partial charge in [0.15, 0.2) is 0 Å². The number of carboxylic acid groups (broad SMARTS) is 1. The summed E-state index contributed by atoms with van der Waals surface area (Å²) in [6.45, 7) is 1.08. The van der Waals surface area contributed by atoms with E-state index in [0.717, 1.165) is 18.8 Å². The number of carbonyl (C=O) groups is 2. The first-order valence-electron chi connectivity index (χ1n) is 3.69. The predicted molar refractivity (Wildman–Crippen MR) is 47.3 cm³/mol. The number of rotatable bonds is 2. The molecule has 1 rings (SSSR count). The van der Waals surface area contributed by atoms with Crippen LogP contribution in [0.4, 0.5) is 0 Å². The highest BCUT2D eigenvalue weighted by Gasteiger charge is 1.85. The van der Waals surface area contributed by atoms with E-state index in [1.54, 1.807) is 12.4 Å². The lowest BCUT2D eigenvalue weighted by atomic mass is 10.2. The molecule has 0 saturated carbocycles. The quantitative estimate of drug-likeness (QED) is 0.689. The molecule has 0 aliphatic carbocycles. The zero-order valence-corrected chi connectivity index (χ0v) is 7.30. The fraction of sp³-hybridized carbons (Fsp3) is 0.222. The smallest absolute Gasteiger partial charge is 0.300 e. The molecule has 70 valence electrons. The van der Waals surface area contributed by atoms with Crippen LogP contribution in [0.1, 0.15) is 12.5 Å². The third-order valence-electron chi connectivity index (χ3n) is 1.04. The van der Waals surface area contributed by atoms with E-state index in [1.807, 2.05) is 12.1 Å². The van der Waals surface area contributed by atoms with E-state index >= 15 is 0 Å². The highest BCUT2D eigenvalue weighted by Crippen LogP contribution is 1.92. The van der Waals surface area contributed by atoms with Crippen LogP contribution in [-0.2, 0) is 16.0 Å². The first-order valence-corrected chi connectivity index (χ1v) is 3.69. The van der Waals surface area contributed by atoms with Crippen molar-refractivity contribution in [2.75, 3.05) is 0 Å². The minimum atomic E-state index is -0.833. The Labute approximate surface area is 76.2 Å².